The zero-order valence-corrected chi connectivity index (χ0v) is 9.55. The van der Waals surface area contributed by atoms with Gasteiger partial charge in [-0.2, -0.15) is 0 Å². The molecule has 1 rings (SSSR count). The molecule has 0 saturated heterocycles. The van der Waals surface area contributed by atoms with Crippen LogP contribution in [0.25, 0.3) is 0 Å². The average Bonchev–Trinajstić information content (AvgIpc) is 2.10. The van der Waals surface area contributed by atoms with Crippen molar-refractivity contribution in [2.24, 2.45) is 0 Å². The van der Waals surface area contributed by atoms with Crippen molar-refractivity contribution in [1.29, 1.82) is 0 Å². The van der Waals surface area contributed by atoms with Crippen LogP contribution < -0.4 is 0 Å². The van der Waals surface area contributed by atoms with Gasteiger partial charge in [-0.15, -0.1) is 0 Å². The molecular weight excluding hydrogens is 227 g/mol. The van der Waals surface area contributed by atoms with Gasteiger partial charge in [-0.05, 0) is 24.6 Å². The fraction of sp³-hybridized carbons (Fsp3) is 0.333. The summed E-state index contributed by atoms with van der Waals surface area (Å²) in [5.41, 5.74) is 0. The minimum absolute atomic E-state index is 0.462. The largest absolute Gasteiger partial charge is 0.254 e. The molecule has 4 heteroatoms. The second-order valence-electron chi connectivity index (χ2n) is 2.63. The Morgan fingerprint density at radius 3 is 2.54 bits per heavy atom. The molecule has 0 spiro atoms. The first kappa shape index (κ1) is 11.0. The number of hydrogen-bond donors (Lipinski definition) is 0. The summed E-state index contributed by atoms with van der Waals surface area (Å²) in [7, 11) is -0.945. The lowest BCUT2D eigenvalue weighted by Gasteiger charge is -2.01. The van der Waals surface area contributed by atoms with Gasteiger partial charge in [0.05, 0.1) is 20.8 Å². The summed E-state index contributed by atoms with van der Waals surface area (Å²) in [6.07, 6.45) is 0.896. The minimum Gasteiger partial charge on any atom is -0.254 e. The van der Waals surface area contributed by atoms with Gasteiger partial charge in [0.15, 0.2) is 0 Å². The van der Waals surface area contributed by atoms with Crippen molar-refractivity contribution in [2.75, 3.05) is 5.75 Å². The van der Waals surface area contributed by atoms with Gasteiger partial charge >= 0.3 is 0 Å². The number of halogens is 2. The Morgan fingerprint density at radius 2 is 2.00 bits per heavy atom. The predicted octanol–water partition coefficient (Wildman–Crippen LogP) is 3.51. The molecule has 13 heavy (non-hydrogen) atoms. The fourth-order valence-electron chi connectivity index (χ4n) is 0.922. The molecule has 1 atom stereocenters. The second-order valence-corrected chi connectivity index (χ2v) is 5.01. The van der Waals surface area contributed by atoms with E-state index in [1.54, 1.807) is 18.2 Å². The topological polar surface area (TPSA) is 17.1 Å². The second kappa shape index (κ2) is 4.99. The molecule has 1 nitrogen and oxygen atoms in total. The van der Waals surface area contributed by atoms with E-state index in [2.05, 4.69) is 0 Å². The Hall–Kier alpha value is -0.0500. The van der Waals surface area contributed by atoms with Crippen molar-refractivity contribution in [1.82, 2.24) is 0 Å². The molecule has 1 aromatic carbocycles. The third-order valence-electron chi connectivity index (χ3n) is 1.54. The van der Waals surface area contributed by atoms with Crippen molar-refractivity contribution in [2.45, 2.75) is 18.2 Å². The molecular formula is C9H10Cl2OS. The van der Waals surface area contributed by atoms with Crippen molar-refractivity contribution < 1.29 is 4.21 Å². The van der Waals surface area contributed by atoms with Crippen LogP contribution in [0.3, 0.4) is 0 Å². The van der Waals surface area contributed by atoms with Crippen LogP contribution in [0.15, 0.2) is 23.1 Å². The van der Waals surface area contributed by atoms with Crippen molar-refractivity contribution >= 4 is 34.0 Å². The van der Waals surface area contributed by atoms with Gasteiger partial charge in [0.25, 0.3) is 0 Å². The molecule has 1 unspecified atom stereocenters. The summed E-state index contributed by atoms with van der Waals surface area (Å²) in [6.45, 7) is 2.00. The van der Waals surface area contributed by atoms with Gasteiger partial charge in [-0.3, -0.25) is 4.21 Å². The van der Waals surface area contributed by atoms with Crippen molar-refractivity contribution in [3.05, 3.63) is 28.2 Å². The summed E-state index contributed by atoms with van der Waals surface area (Å²) in [5.74, 6) is 0.665. The standard InChI is InChI=1S/C9H10Cl2OS/c1-2-5-13(12)7-3-4-8(10)9(11)6-7/h3-4,6H,2,5H2,1H3. The van der Waals surface area contributed by atoms with Gasteiger partial charge in [-0.1, -0.05) is 30.1 Å². The normalized spacial score (nSPS) is 12.8. The molecule has 0 fully saturated rings. The average molecular weight is 237 g/mol. The van der Waals surface area contributed by atoms with E-state index in [4.69, 9.17) is 23.2 Å². The third-order valence-corrected chi connectivity index (χ3v) is 3.84. The molecule has 0 bridgehead atoms. The van der Waals surface area contributed by atoms with E-state index in [1.807, 2.05) is 6.92 Å². The zero-order chi connectivity index (χ0) is 9.84. The molecule has 1 aromatic rings. The Kier molecular flexibility index (Phi) is 4.23. The van der Waals surface area contributed by atoms with Gasteiger partial charge in [0.2, 0.25) is 0 Å². The molecule has 72 valence electrons. The maximum Gasteiger partial charge on any atom is 0.0604 e. The van der Waals surface area contributed by atoms with E-state index in [0.29, 0.717) is 15.8 Å². The first-order valence-electron chi connectivity index (χ1n) is 3.98. The van der Waals surface area contributed by atoms with Gasteiger partial charge in [0, 0.05) is 10.6 Å². The van der Waals surface area contributed by atoms with E-state index in [-0.39, 0.29) is 0 Å². The lowest BCUT2D eigenvalue weighted by atomic mass is 10.4. The summed E-state index contributed by atoms with van der Waals surface area (Å²) < 4.78 is 11.5. The Balaban J connectivity index is 2.90. The highest BCUT2D eigenvalue weighted by molar-refractivity contribution is 7.85. The van der Waals surface area contributed by atoms with Crippen molar-refractivity contribution in [3.63, 3.8) is 0 Å². The Bertz CT molecular complexity index is 325. The van der Waals surface area contributed by atoms with Crippen LogP contribution in [-0.4, -0.2) is 9.96 Å². The first-order valence-corrected chi connectivity index (χ1v) is 6.06. The van der Waals surface area contributed by atoms with Crippen LogP contribution >= 0.6 is 23.2 Å². The monoisotopic (exact) mass is 236 g/mol. The quantitative estimate of drug-likeness (QED) is 0.786. The molecule has 0 amide bonds. The summed E-state index contributed by atoms with van der Waals surface area (Å²) >= 11 is 11.5. The zero-order valence-electron chi connectivity index (χ0n) is 7.22. The Labute approximate surface area is 90.5 Å². The van der Waals surface area contributed by atoms with Gasteiger partial charge < -0.3 is 0 Å². The van der Waals surface area contributed by atoms with Crippen LogP contribution in [-0.2, 0) is 10.8 Å². The molecule has 0 aromatic heterocycles. The summed E-state index contributed by atoms with van der Waals surface area (Å²) in [5, 5.41) is 0.961. The maximum absolute atomic E-state index is 11.5. The lowest BCUT2D eigenvalue weighted by molar-refractivity contribution is 0.682. The highest BCUT2D eigenvalue weighted by Crippen LogP contribution is 2.24. The SMILES string of the molecule is CCCS(=O)c1ccc(Cl)c(Cl)c1. The number of hydrogen-bond acceptors (Lipinski definition) is 1. The molecule has 0 aliphatic rings. The smallest absolute Gasteiger partial charge is 0.0604 e. The first-order chi connectivity index (χ1) is 6.15. The summed E-state index contributed by atoms with van der Waals surface area (Å²) in [4.78, 5) is 0.747. The molecule has 0 aliphatic heterocycles. The van der Waals surface area contributed by atoms with E-state index in [0.717, 1.165) is 11.3 Å². The van der Waals surface area contributed by atoms with E-state index >= 15 is 0 Å². The van der Waals surface area contributed by atoms with E-state index < -0.39 is 10.8 Å². The number of rotatable bonds is 3. The minimum atomic E-state index is -0.945. The summed E-state index contributed by atoms with van der Waals surface area (Å²) in [6, 6.07) is 5.09. The van der Waals surface area contributed by atoms with E-state index in [9.17, 15) is 4.21 Å². The highest BCUT2D eigenvalue weighted by Gasteiger charge is 2.04. The van der Waals surface area contributed by atoms with Crippen molar-refractivity contribution in [3.8, 4) is 0 Å². The predicted molar refractivity (Wildman–Crippen MR) is 58.0 cm³/mol. The lowest BCUT2D eigenvalue weighted by Crippen LogP contribution is -1.96. The van der Waals surface area contributed by atoms with Gasteiger partial charge in [-0.25, -0.2) is 0 Å². The fourth-order valence-corrected chi connectivity index (χ4v) is 2.36. The molecule has 0 N–H and O–H groups in total. The molecule has 0 aliphatic carbocycles. The van der Waals surface area contributed by atoms with Crippen LogP contribution in [0.1, 0.15) is 13.3 Å². The van der Waals surface area contributed by atoms with Crippen LogP contribution in [0, 0.1) is 0 Å². The molecule has 0 heterocycles. The highest BCUT2D eigenvalue weighted by atomic mass is 35.5. The maximum atomic E-state index is 11.5. The van der Waals surface area contributed by atoms with Crippen LogP contribution in [0.2, 0.25) is 10.0 Å². The van der Waals surface area contributed by atoms with Gasteiger partial charge in [0.1, 0.15) is 0 Å². The van der Waals surface area contributed by atoms with Crippen LogP contribution in [0.4, 0.5) is 0 Å². The number of benzene rings is 1. The molecule has 0 saturated carbocycles. The third kappa shape index (κ3) is 2.97. The van der Waals surface area contributed by atoms with E-state index in [1.165, 1.54) is 0 Å². The van der Waals surface area contributed by atoms with Crippen LogP contribution in [0.5, 0.6) is 0 Å². The molecule has 0 radical (unpaired) electrons. The Morgan fingerprint density at radius 1 is 1.31 bits per heavy atom.